The fourth-order valence-electron chi connectivity index (χ4n) is 1.58. The molecule has 0 aliphatic rings. The lowest BCUT2D eigenvalue weighted by Gasteiger charge is -2.20. The Hall–Kier alpha value is -1.06. The van der Waals surface area contributed by atoms with Crippen LogP contribution in [-0.4, -0.2) is 33.4 Å². The van der Waals surface area contributed by atoms with E-state index in [1.807, 2.05) is 19.2 Å². The molecule has 1 aromatic carbocycles. The van der Waals surface area contributed by atoms with Gasteiger partial charge in [0.15, 0.2) is 0 Å². The Labute approximate surface area is 97.8 Å². The summed E-state index contributed by atoms with van der Waals surface area (Å²) in [6.07, 6.45) is 0.0514. The summed E-state index contributed by atoms with van der Waals surface area (Å²) in [6, 6.07) is 6.10. The van der Waals surface area contributed by atoms with Crippen LogP contribution in [-0.2, 0) is 4.74 Å². The van der Waals surface area contributed by atoms with E-state index in [1.165, 1.54) is 11.1 Å². The molecule has 90 valence electrons. The smallest absolute Gasteiger partial charge is 0.134 e. The third-order valence-corrected chi connectivity index (χ3v) is 2.63. The van der Waals surface area contributed by atoms with Crippen molar-refractivity contribution >= 4 is 0 Å². The molecule has 1 N–H and O–H groups in total. The summed E-state index contributed by atoms with van der Waals surface area (Å²) in [5.74, 6) is 0.942. The molecule has 0 saturated heterocycles. The van der Waals surface area contributed by atoms with Crippen molar-refractivity contribution in [2.45, 2.75) is 20.0 Å². The highest BCUT2D eigenvalue weighted by molar-refractivity contribution is 5.38. The van der Waals surface area contributed by atoms with E-state index in [4.69, 9.17) is 9.47 Å². The Morgan fingerprint density at radius 2 is 2.06 bits per heavy atom. The average Bonchev–Trinajstić information content (AvgIpc) is 2.25. The van der Waals surface area contributed by atoms with Crippen molar-refractivity contribution in [2.24, 2.45) is 0 Å². The third-order valence-electron chi connectivity index (χ3n) is 2.63. The zero-order valence-electron chi connectivity index (χ0n) is 10.5. The van der Waals surface area contributed by atoms with Gasteiger partial charge in [0.25, 0.3) is 0 Å². The number of nitrogens with one attached hydrogen (secondary N) is 1. The van der Waals surface area contributed by atoms with Crippen LogP contribution in [0.15, 0.2) is 18.2 Å². The molecule has 0 amide bonds. The lowest BCUT2D eigenvalue weighted by atomic mass is 10.1. The molecule has 0 bridgehead atoms. The van der Waals surface area contributed by atoms with E-state index in [0.29, 0.717) is 6.61 Å². The van der Waals surface area contributed by atoms with Gasteiger partial charge in [-0.05, 0) is 38.1 Å². The largest absolute Gasteiger partial charge is 0.486 e. The van der Waals surface area contributed by atoms with Crippen LogP contribution in [0.25, 0.3) is 0 Å². The normalized spacial score (nSPS) is 12.5. The van der Waals surface area contributed by atoms with Crippen LogP contribution in [0.2, 0.25) is 0 Å². The molecule has 1 rings (SSSR count). The van der Waals surface area contributed by atoms with Crippen molar-refractivity contribution in [2.75, 3.05) is 27.3 Å². The zero-order chi connectivity index (χ0) is 12.0. The van der Waals surface area contributed by atoms with E-state index >= 15 is 0 Å². The number of likely N-dealkylation sites (N-methyl/N-ethyl adjacent to an activating group) is 1. The van der Waals surface area contributed by atoms with Gasteiger partial charge in [0, 0.05) is 13.7 Å². The van der Waals surface area contributed by atoms with Crippen molar-refractivity contribution in [3.63, 3.8) is 0 Å². The maximum Gasteiger partial charge on any atom is 0.134 e. The van der Waals surface area contributed by atoms with Gasteiger partial charge in [-0.1, -0.05) is 12.1 Å². The third kappa shape index (κ3) is 3.51. The fraction of sp³-hybridized carbons (Fsp3) is 0.538. The molecule has 16 heavy (non-hydrogen) atoms. The average molecular weight is 223 g/mol. The van der Waals surface area contributed by atoms with Crippen molar-refractivity contribution < 1.29 is 9.47 Å². The number of ether oxygens (including phenoxy) is 2. The minimum absolute atomic E-state index is 0.0514. The van der Waals surface area contributed by atoms with Crippen molar-refractivity contribution in [1.29, 1.82) is 0 Å². The number of aryl methyl sites for hydroxylation is 1. The highest BCUT2D eigenvalue weighted by atomic mass is 16.5. The Kier molecular flexibility index (Phi) is 5.29. The minimum Gasteiger partial charge on any atom is -0.486 e. The molecule has 0 aromatic heterocycles. The van der Waals surface area contributed by atoms with Gasteiger partial charge in [-0.15, -0.1) is 0 Å². The van der Waals surface area contributed by atoms with Crippen LogP contribution in [0.3, 0.4) is 0 Å². The van der Waals surface area contributed by atoms with Gasteiger partial charge < -0.3 is 14.8 Å². The van der Waals surface area contributed by atoms with Crippen molar-refractivity contribution in [3.8, 4) is 5.75 Å². The molecule has 0 spiro atoms. The lowest BCUT2D eigenvalue weighted by molar-refractivity contribution is 0.0813. The summed E-state index contributed by atoms with van der Waals surface area (Å²) in [4.78, 5) is 0. The maximum atomic E-state index is 5.92. The molecule has 0 radical (unpaired) electrons. The summed E-state index contributed by atoms with van der Waals surface area (Å²) < 4.78 is 11.1. The predicted molar refractivity (Wildman–Crippen MR) is 66.1 cm³/mol. The van der Waals surface area contributed by atoms with E-state index in [1.54, 1.807) is 7.11 Å². The van der Waals surface area contributed by atoms with Crippen LogP contribution in [0.1, 0.15) is 11.1 Å². The highest BCUT2D eigenvalue weighted by Gasteiger charge is 2.11. The number of benzene rings is 1. The van der Waals surface area contributed by atoms with Crippen LogP contribution in [0.4, 0.5) is 0 Å². The van der Waals surface area contributed by atoms with Crippen LogP contribution in [0, 0.1) is 13.8 Å². The summed E-state index contributed by atoms with van der Waals surface area (Å²) in [6.45, 7) is 5.54. The molecule has 1 aromatic rings. The van der Waals surface area contributed by atoms with Gasteiger partial charge in [-0.25, -0.2) is 0 Å². The Bertz CT molecular complexity index is 320. The van der Waals surface area contributed by atoms with Crippen molar-refractivity contribution in [3.05, 3.63) is 29.3 Å². The first kappa shape index (κ1) is 13.0. The molecule has 3 nitrogen and oxygen atoms in total. The number of hydrogen-bond donors (Lipinski definition) is 1. The first-order valence-electron chi connectivity index (χ1n) is 5.55. The second-order valence-electron chi connectivity index (χ2n) is 3.95. The molecule has 0 heterocycles. The SMILES string of the molecule is CNCC(COC)Oc1cccc(C)c1C. The van der Waals surface area contributed by atoms with E-state index in [0.717, 1.165) is 12.3 Å². The van der Waals surface area contributed by atoms with Gasteiger partial charge in [0.2, 0.25) is 0 Å². The number of methoxy groups -OCH3 is 1. The first-order chi connectivity index (χ1) is 7.69. The minimum atomic E-state index is 0.0514. The summed E-state index contributed by atoms with van der Waals surface area (Å²) in [5.41, 5.74) is 2.44. The van der Waals surface area contributed by atoms with E-state index in [2.05, 4.69) is 25.2 Å². The van der Waals surface area contributed by atoms with Crippen molar-refractivity contribution in [1.82, 2.24) is 5.32 Å². The summed E-state index contributed by atoms with van der Waals surface area (Å²) in [5, 5.41) is 3.10. The van der Waals surface area contributed by atoms with Gasteiger partial charge in [-0.2, -0.15) is 0 Å². The van der Waals surface area contributed by atoms with E-state index in [-0.39, 0.29) is 6.10 Å². The second kappa shape index (κ2) is 6.51. The number of hydrogen-bond acceptors (Lipinski definition) is 3. The molecular formula is C13H21NO2. The molecule has 0 saturated carbocycles. The van der Waals surface area contributed by atoms with Gasteiger partial charge >= 0.3 is 0 Å². The molecular weight excluding hydrogens is 202 g/mol. The van der Waals surface area contributed by atoms with Crippen LogP contribution >= 0.6 is 0 Å². The fourth-order valence-corrected chi connectivity index (χ4v) is 1.58. The van der Waals surface area contributed by atoms with E-state index in [9.17, 15) is 0 Å². The Morgan fingerprint density at radius 3 is 2.69 bits per heavy atom. The second-order valence-corrected chi connectivity index (χ2v) is 3.95. The highest BCUT2D eigenvalue weighted by Crippen LogP contribution is 2.21. The Morgan fingerprint density at radius 1 is 1.31 bits per heavy atom. The molecule has 3 heteroatoms. The monoisotopic (exact) mass is 223 g/mol. The summed E-state index contributed by atoms with van der Waals surface area (Å²) >= 11 is 0. The zero-order valence-corrected chi connectivity index (χ0v) is 10.5. The van der Waals surface area contributed by atoms with Gasteiger partial charge in [0.05, 0.1) is 6.61 Å². The van der Waals surface area contributed by atoms with Crippen LogP contribution < -0.4 is 10.1 Å². The molecule has 1 atom stereocenters. The number of rotatable bonds is 6. The molecule has 0 fully saturated rings. The first-order valence-corrected chi connectivity index (χ1v) is 5.55. The molecule has 0 aliphatic heterocycles. The standard InChI is InChI=1S/C13H21NO2/c1-10-6-5-7-13(11(10)2)16-12(8-14-3)9-15-4/h5-7,12,14H,8-9H2,1-4H3. The lowest BCUT2D eigenvalue weighted by Crippen LogP contribution is -2.33. The van der Waals surface area contributed by atoms with Gasteiger partial charge in [-0.3, -0.25) is 0 Å². The molecule has 1 unspecified atom stereocenters. The topological polar surface area (TPSA) is 30.5 Å². The van der Waals surface area contributed by atoms with Gasteiger partial charge in [0.1, 0.15) is 11.9 Å². The summed E-state index contributed by atoms with van der Waals surface area (Å²) in [7, 11) is 3.60. The Balaban J connectivity index is 2.72. The quantitative estimate of drug-likeness (QED) is 0.799. The van der Waals surface area contributed by atoms with Crippen LogP contribution in [0.5, 0.6) is 5.75 Å². The molecule has 0 aliphatic carbocycles. The van der Waals surface area contributed by atoms with E-state index < -0.39 is 0 Å². The maximum absolute atomic E-state index is 5.92. The predicted octanol–water partition coefficient (Wildman–Crippen LogP) is 1.92.